The Kier molecular flexibility index (Phi) is 3.19. The highest BCUT2D eigenvalue weighted by Crippen LogP contribution is 2.29. The van der Waals surface area contributed by atoms with Crippen molar-refractivity contribution in [3.8, 4) is 5.75 Å². The van der Waals surface area contributed by atoms with E-state index < -0.39 is 9.84 Å². The lowest BCUT2D eigenvalue weighted by Gasteiger charge is -2.24. The van der Waals surface area contributed by atoms with E-state index in [-0.39, 0.29) is 0 Å². The monoisotopic (exact) mass is 240 g/mol. The molecule has 0 amide bonds. The van der Waals surface area contributed by atoms with Crippen molar-refractivity contribution in [1.29, 1.82) is 0 Å². The van der Waals surface area contributed by atoms with Crippen LogP contribution in [0, 0.1) is 5.92 Å². The second kappa shape index (κ2) is 4.45. The van der Waals surface area contributed by atoms with Crippen LogP contribution in [0.1, 0.15) is 19.3 Å². The van der Waals surface area contributed by atoms with Gasteiger partial charge in [-0.2, -0.15) is 0 Å². The zero-order chi connectivity index (χ0) is 11.6. The van der Waals surface area contributed by atoms with Gasteiger partial charge in [0, 0.05) is 0 Å². The number of benzene rings is 1. The summed E-state index contributed by atoms with van der Waals surface area (Å²) in [6.07, 6.45) is 3.27. The van der Waals surface area contributed by atoms with E-state index in [1.807, 2.05) is 0 Å². The Labute approximate surface area is 96.4 Å². The van der Waals surface area contributed by atoms with E-state index >= 15 is 0 Å². The van der Waals surface area contributed by atoms with Gasteiger partial charge in [-0.3, -0.25) is 0 Å². The van der Waals surface area contributed by atoms with Crippen molar-refractivity contribution >= 4 is 9.84 Å². The molecule has 1 aliphatic rings. The van der Waals surface area contributed by atoms with Crippen LogP contribution in [0.5, 0.6) is 5.75 Å². The lowest BCUT2D eigenvalue weighted by atomic mass is 9.87. The maximum atomic E-state index is 12.0. The fourth-order valence-electron chi connectivity index (χ4n) is 1.85. The SMILES string of the molecule is COc1ccc(S(=O)(=O)CC2CCC2)cc1. The van der Waals surface area contributed by atoms with E-state index in [1.165, 1.54) is 6.42 Å². The Balaban J connectivity index is 2.14. The summed E-state index contributed by atoms with van der Waals surface area (Å²) >= 11 is 0. The maximum absolute atomic E-state index is 12.0. The summed E-state index contributed by atoms with van der Waals surface area (Å²) in [6.45, 7) is 0. The van der Waals surface area contributed by atoms with E-state index in [0.717, 1.165) is 12.8 Å². The molecule has 88 valence electrons. The molecule has 4 heteroatoms. The van der Waals surface area contributed by atoms with E-state index in [0.29, 0.717) is 22.3 Å². The van der Waals surface area contributed by atoms with Gasteiger partial charge in [0.2, 0.25) is 0 Å². The predicted octanol–water partition coefficient (Wildman–Crippen LogP) is 2.27. The van der Waals surface area contributed by atoms with Gasteiger partial charge < -0.3 is 4.74 Å². The minimum atomic E-state index is -3.10. The van der Waals surface area contributed by atoms with Gasteiger partial charge >= 0.3 is 0 Å². The summed E-state index contributed by atoms with van der Waals surface area (Å²) in [5.74, 6) is 1.34. The van der Waals surface area contributed by atoms with Gasteiger partial charge in [0.15, 0.2) is 9.84 Å². The fourth-order valence-corrected chi connectivity index (χ4v) is 3.55. The standard InChI is InChI=1S/C12H16O3S/c1-15-11-5-7-12(8-6-11)16(13,14)9-10-3-2-4-10/h5-8,10H,2-4,9H2,1H3. The first-order valence-corrected chi connectivity index (χ1v) is 7.14. The van der Waals surface area contributed by atoms with Crippen molar-refractivity contribution in [3.63, 3.8) is 0 Å². The Morgan fingerprint density at radius 2 is 1.88 bits per heavy atom. The second-order valence-corrected chi connectivity index (χ2v) is 6.29. The minimum absolute atomic E-state index is 0.291. The summed E-state index contributed by atoms with van der Waals surface area (Å²) in [5.41, 5.74) is 0. The normalized spacial score (nSPS) is 16.8. The zero-order valence-electron chi connectivity index (χ0n) is 9.35. The highest BCUT2D eigenvalue weighted by atomic mass is 32.2. The molecule has 1 aromatic carbocycles. The maximum Gasteiger partial charge on any atom is 0.178 e. The molecule has 0 spiro atoms. The van der Waals surface area contributed by atoms with Crippen molar-refractivity contribution in [2.45, 2.75) is 24.2 Å². The van der Waals surface area contributed by atoms with Crippen LogP contribution in [0.4, 0.5) is 0 Å². The number of sulfone groups is 1. The van der Waals surface area contributed by atoms with Crippen molar-refractivity contribution in [2.24, 2.45) is 5.92 Å². The number of ether oxygens (including phenoxy) is 1. The summed E-state index contributed by atoms with van der Waals surface area (Å²) in [4.78, 5) is 0.403. The molecule has 16 heavy (non-hydrogen) atoms. The summed E-state index contributed by atoms with van der Waals surface area (Å²) < 4.78 is 29.0. The second-order valence-electron chi connectivity index (χ2n) is 4.25. The molecule has 0 saturated heterocycles. The van der Waals surface area contributed by atoms with Crippen LogP contribution >= 0.6 is 0 Å². The van der Waals surface area contributed by atoms with Crippen LogP contribution in [0.15, 0.2) is 29.2 Å². The highest BCUT2D eigenvalue weighted by molar-refractivity contribution is 7.91. The Morgan fingerprint density at radius 3 is 2.31 bits per heavy atom. The molecule has 0 radical (unpaired) electrons. The number of rotatable bonds is 4. The third-order valence-corrected chi connectivity index (χ3v) is 5.00. The molecule has 0 unspecified atom stereocenters. The summed E-state index contributed by atoms with van der Waals surface area (Å²) in [6, 6.07) is 6.61. The molecule has 1 aromatic rings. The highest BCUT2D eigenvalue weighted by Gasteiger charge is 2.25. The van der Waals surface area contributed by atoms with Crippen LogP contribution in [0.25, 0.3) is 0 Å². The molecular weight excluding hydrogens is 224 g/mol. The van der Waals surface area contributed by atoms with Crippen molar-refractivity contribution < 1.29 is 13.2 Å². The third kappa shape index (κ3) is 2.38. The molecule has 0 aliphatic heterocycles. The average Bonchev–Trinajstić information content (AvgIpc) is 2.24. The van der Waals surface area contributed by atoms with Gasteiger partial charge in [-0.05, 0) is 43.0 Å². The van der Waals surface area contributed by atoms with E-state index in [2.05, 4.69) is 0 Å². The van der Waals surface area contributed by atoms with Crippen LogP contribution in [-0.2, 0) is 9.84 Å². The van der Waals surface area contributed by atoms with Crippen LogP contribution in [-0.4, -0.2) is 21.3 Å². The van der Waals surface area contributed by atoms with Gasteiger partial charge in [0.1, 0.15) is 5.75 Å². The van der Waals surface area contributed by atoms with Gasteiger partial charge in [-0.25, -0.2) is 8.42 Å². The van der Waals surface area contributed by atoms with Gasteiger partial charge in [-0.15, -0.1) is 0 Å². The third-order valence-electron chi connectivity index (χ3n) is 3.10. The van der Waals surface area contributed by atoms with Gasteiger partial charge in [-0.1, -0.05) is 6.42 Å². The predicted molar refractivity (Wildman–Crippen MR) is 62.4 cm³/mol. The number of hydrogen-bond donors (Lipinski definition) is 0. The molecule has 1 saturated carbocycles. The van der Waals surface area contributed by atoms with Gasteiger partial charge in [0.05, 0.1) is 17.8 Å². The Bertz CT molecular complexity index is 444. The van der Waals surface area contributed by atoms with Crippen molar-refractivity contribution in [1.82, 2.24) is 0 Å². The zero-order valence-corrected chi connectivity index (χ0v) is 10.2. The summed E-state index contributed by atoms with van der Waals surface area (Å²) in [7, 11) is -1.53. The number of hydrogen-bond acceptors (Lipinski definition) is 3. The quantitative estimate of drug-likeness (QED) is 0.811. The van der Waals surface area contributed by atoms with E-state index in [9.17, 15) is 8.42 Å². The lowest BCUT2D eigenvalue weighted by molar-refractivity contribution is 0.347. The van der Waals surface area contributed by atoms with E-state index in [1.54, 1.807) is 31.4 Å². The molecule has 1 aliphatic carbocycles. The first-order chi connectivity index (χ1) is 7.62. The van der Waals surface area contributed by atoms with E-state index in [4.69, 9.17) is 4.74 Å². The Morgan fingerprint density at radius 1 is 1.25 bits per heavy atom. The van der Waals surface area contributed by atoms with Crippen molar-refractivity contribution in [2.75, 3.05) is 12.9 Å². The fraction of sp³-hybridized carbons (Fsp3) is 0.500. The summed E-state index contributed by atoms with van der Waals surface area (Å²) in [5, 5.41) is 0. The molecule has 3 nitrogen and oxygen atoms in total. The van der Waals surface area contributed by atoms with Crippen LogP contribution in [0.2, 0.25) is 0 Å². The molecule has 0 heterocycles. The molecule has 0 bridgehead atoms. The molecule has 0 N–H and O–H groups in total. The molecule has 2 rings (SSSR count). The van der Waals surface area contributed by atoms with Crippen LogP contribution in [0.3, 0.4) is 0 Å². The van der Waals surface area contributed by atoms with Crippen LogP contribution < -0.4 is 4.74 Å². The topological polar surface area (TPSA) is 43.4 Å². The van der Waals surface area contributed by atoms with Crippen molar-refractivity contribution in [3.05, 3.63) is 24.3 Å². The first-order valence-electron chi connectivity index (χ1n) is 5.48. The molecule has 1 fully saturated rings. The number of methoxy groups -OCH3 is 1. The largest absolute Gasteiger partial charge is 0.497 e. The Hall–Kier alpha value is -1.03. The van der Waals surface area contributed by atoms with Gasteiger partial charge in [0.25, 0.3) is 0 Å². The average molecular weight is 240 g/mol. The smallest absolute Gasteiger partial charge is 0.178 e. The molecule has 0 atom stereocenters. The molecule has 0 aromatic heterocycles. The molecular formula is C12H16O3S. The first kappa shape index (κ1) is 11.5. The minimum Gasteiger partial charge on any atom is -0.497 e. The lowest BCUT2D eigenvalue weighted by Crippen LogP contribution is -2.22.